The van der Waals surface area contributed by atoms with Crippen LogP contribution < -0.4 is 0 Å². The molecule has 14 heteroatoms. The molecule has 4 rings (SSSR count). The molecule has 8 atom stereocenters. The van der Waals surface area contributed by atoms with Crippen LogP contribution >= 0.6 is 11.3 Å². The van der Waals surface area contributed by atoms with Crippen LogP contribution in [0.25, 0.3) is 10.7 Å². The zero-order chi connectivity index (χ0) is 35.4. The number of cyclic esters (lactones) is 1. The Morgan fingerprint density at radius 1 is 1.15 bits per heavy atom. The van der Waals surface area contributed by atoms with Crippen LogP contribution in [0.3, 0.4) is 0 Å². The topological polar surface area (TPSA) is 129 Å². The van der Waals surface area contributed by atoms with Gasteiger partial charge in [0.25, 0.3) is 0 Å². The molecular formula is C34H51BN6O6S. The van der Waals surface area contributed by atoms with Crippen molar-refractivity contribution in [3.8, 4) is 10.7 Å². The smallest absolute Gasteiger partial charge is 0.412 e. The first kappa shape index (κ1) is 37.7. The molecule has 2 aliphatic rings. The lowest BCUT2D eigenvalue weighted by Gasteiger charge is -2.52. The molecule has 0 aliphatic carbocycles. The Hall–Kier alpha value is -3.10. The maximum Gasteiger partial charge on any atom is 0.412 e. The standard InChI is InChI=1S/C34H51BN6O6S/c1-10-26-33(7)34(11-2,41(31(44)47-33)17-13-12-16-40-21-25(37-38-40)29-36-15-19-48-29)39(8)18-14-22(3)20-32(6,45-9)28(35)23(4)27(42)24(5)30(43)46-26/h12-13,15,19,21-24,26,28H,10-11,14,16-18,20H2,1-9H3/b13-12+/t22-,23+,24-,26-,28-,32-,33-,34+/m1/s1. The monoisotopic (exact) mass is 682 g/mol. The highest BCUT2D eigenvalue weighted by Crippen LogP contribution is 2.48. The molecule has 0 unspecified atom stereocenters. The van der Waals surface area contributed by atoms with Gasteiger partial charge in [0.2, 0.25) is 0 Å². The average Bonchev–Trinajstić information content (AvgIpc) is 3.82. The number of ketones is 1. The highest BCUT2D eigenvalue weighted by molar-refractivity contribution is 7.13. The summed E-state index contributed by atoms with van der Waals surface area (Å²) in [5.74, 6) is -3.15. The van der Waals surface area contributed by atoms with Crippen LogP contribution in [0.5, 0.6) is 0 Å². The average molecular weight is 683 g/mol. The van der Waals surface area contributed by atoms with E-state index in [1.807, 2.05) is 58.5 Å². The van der Waals surface area contributed by atoms with Crippen molar-refractivity contribution in [2.75, 3.05) is 27.2 Å². The first-order valence-corrected chi connectivity index (χ1v) is 17.8. The summed E-state index contributed by atoms with van der Waals surface area (Å²) >= 11 is 1.49. The molecule has 0 saturated carbocycles. The van der Waals surface area contributed by atoms with Crippen molar-refractivity contribution in [1.82, 2.24) is 29.8 Å². The fourth-order valence-electron chi connectivity index (χ4n) is 7.67. The largest absolute Gasteiger partial charge is 0.457 e. The lowest BCUT2D eigenvalue weighted by Crippen LogP contribution is -2.70. The van der Waals surface area contributed by atoms with Gasteiger partial charge in [-0.3, -0.25) is 19.4 Å². The van der Waals surface area contributed by atoms with Gasteiger partial charge in [0.15, 0.2) is 5.60 Å². The van der Waals surface area contributed by atoms with Crippen LogP contribution in [0, 0.1) is 17.8 Å². The highest BCUT2D eigenvalue weighted by Gasteiger charge is 2.67. The molecule has 2 aromatic heterocycles. The minimum atomic E-state index is -1.25. The third kappa shape index (κ3) is 6.98. The van der Waals surface area contributed by atoms with Crippen molar-refractivity contribution in [2.24, 2.45) is 17.8 Å². The van der Waals surface area contributed by atoms with Crippen molar-refractivity contribution in [1.29, 1.82) is 0 Å². The summed E-state index contributed by atoms with van der Waals surface area (Å²) in [6, 6.07) is 0. The number of aromatic nitrogens is 4. The number of thiazole rings is 1. The number of hydrogen-bond donors (Lipinski definition) is 0. The predicted molar refractivity (Wildman–Crippen MR) is 184 cm³/mol. The van der Waals surface area contributed by atoms with Crippen LogP contribution in [-0.4, -0.2) is 106 Å². The molecule has 2 saturated heterocycles. The van der Waals surface area contributed by atoms with Gasteiger partial charge in [-0.05, 0) is 65.2 Å². The van der Waals surface area contributed by atoms with Crippen molar-refractivity contribution >= 4 is 37.0 Å². The van der Waals surface area contributed by atoms with Gasteiger partial charge in [-0.15, -0.1) is 16.4 Å². The molecule has 2 aromatic rings. The first-order valence-electron chi connectivity index (χ1n) is 16.9. The highest BCUT2D eigenvalue weighted by atomic mass is 32.1. The third-order valence-electron chi connectivity index (χ3n) is 10.7. The number of carbonyl (C=O) groups excluding carboxylic acids is 3. The molecule has 0 bridgehead atoms. The lowest BCUT2D eigenvalue weighted by molar-refractivity contribution is -0.188. The van der Waals surface area contributed by atoms with Gasteiger partial charge in [-0.25, -0.2) is 14.5 Å². The molecule has 48 heavy (non-hydrogen) atoms. The zero-order valence-electron chi connectivity index (χ0n) is 29.8. The molecule has 4 heterocycles. The molecule has 2 fully saturated rings. The number of hydrogen-bond acceptors (Lipinski definition) is 11. The molecule has 0 spiro atoms. The van der Waals surface area contributed by atoms with E-state index in [1.54, 1.807) is 36.7 Å². The van der Waals surface area contributed by atoms with Crippen molar-refractivity contribution in [3.63, 3.8) is 0 Å². The van der Waals surface area contributed by atoms with Crippen molar-refractivity contribution in [2.45, 2.75) is 109 Å². The Kier molecular flexibility index (Phi) is 11.9. The van der Waals surface area contributed by atoms with Gasteiger partial charge in [-0.1, -0.05) is 45.1 Å². The number of carbonyl (C=O) groups is 3. The number of fused-ring (bicyclic) bond motifs is 1. The number of methoxy groups -OCH3 is 1. The van der Waals surface area contributed by atoms with E-state index < -0.39 is 52.7 Å². The van der Waals surface area contributed by atoms with E-state index in [2.05, 4.69) is 27.1 Å². The minimum absolute atomic E-state index is 0.164. The third-order valence-corrected chi connectivity index (χ3v) is 11.5. The fourth-order valence-corrected chi connectivity index (χ4v) is 8.26. The maximum atomic E-state index is 13.9. The van der Waals surface area contributed by atoms with Gasteiger partial charge in [0, 0.05) is 37.7 Å². The van der Waals surface area contributed by atoms with E-state index in [-0.39, 0.29) is 18.2 Å². The molecule has 12 nitrogen and oxygen atoms in total. The molecule has 2 aliphatic heterocycles. The van der Waals surface area contributed by atoms with Crippen LogP contribution in [0.15, 0.2) is 29.9 Å². The van der Waals surface area contributed by atoms with E-state index in [9.17, 15) is 14.4 Å². The normalized spacial score (nSPS) is 34.5. The zero-order valence-corrected chi connectivity index (χ0v) is 30.7. The molecule has 1 amide bonds. The number of amides is 1. The maximum absolute atomic E-state index is 13.9. The van der Waals surface area contributed by atoms with Crippen LogP contribution in [0.4, 0.5) is 4.79 Å². The van der Waals surface area contributed by atoms with Gasteiger partial charge in [0.05, 0.1) is 26.2 Å². The van der Waals surface area contributed by atoms with Crippen molar-refractivity contribution in [3.05, 3.63) is 29.9 Å². The quantitative estimate of drug-likeness (QED) is 0.159. The fraction of sp³-hybridized carbons (Fsp3) is 0.706. The summed E-state index contributed by atoms with van der Waals surface area (Å²) in [6.07, 6.45) is 8.33. The number of esters is 1. The Balaban J connectivity index is 1.68. The van der Waals surface area contributed by atoms with Gasteiger partial charge < -0.3 is 14.2 Å². The second kappa shape index (κ2) is 15.2. The minimum Gasteiger partial charge on any atom is -0.457 e. The van der Waals surface area contributed by atoms with Gasteiger partial charge in [-0.2, -0.15) is 0 Å². The second-order valence-corrected chi connectivity index (χ2v) is 14.6. The Morgan fingerprint density at radius 2 is 1.85 bits per heavy atom. The van der Waals surface area contributed by atoms with Crippen LogP contribution in [0.1, 0.15) is 74.1 Å². The summed E-state index contributed by atoms with van der Waals surface area (Å²) in [7, 11) is 10.3. The number of Topliss-reactive ketones (excluding diaryl/α,β-unsaturated/α-hetero) is 1. The van der Waals surface area contributed by atoms with E-state index in [1.165, 1.54) is 11.3 Å². The summed E-state index contributed by atoms with van der Waals surface area (Å²) < 4.78 is 20.1. The van der Waals surface area contributed by atoms with E-state index in [4.69, 9.17) is 22.1 Å². The van der Waals surface area contributed by atoms with Crippen LogP contribution in [0.2, 0.25) is 5.82 Å². The Morgan fingerprint density at radius 3 is 2.48 bits per heavy atom. The molecule has 2 radical (unpaired) electrons. The molecular weight excluding hydrogens is 631 g/mol. The summed E-state index contributed by atoms with van der Waals surface area (Å²) in [4.78, 5) is 49.3. The summed E-state index contributed by atoms with van der Waals surface area (Å²) in [6.45, 7) is 14.5. The number of allylic oxidation sites excluding steroid dienone is 1. The number of rotatable bonds is 8. The van der Waals surface area contributed by atoms with E-state index >= 15 is 0 Å². The number of likely N-dealkylation sites (N-methyl/N-ethyl adjacent to an activating group) is 1. The number of nitrogens with zero attached hydrogens (tertiary/aromatic N) is 6. The Labute approximate surface area is 290 Å². The SMILES string of the molecule is [B][C@@H]1[C@@H](C)C(=O)[C@@H](C)C(=O)O[C@H](CC)[C@@]2(C)OC(=O)N(C/C=C/Cn3cc(-c4nccs4)nn3)[C@]2(CC)N(C)CC[C@@H](C)C[C@@]1(C)OC. The predicted octanol–water partition coefficient (Wildman–Crippen LogP) is 5.16. The van der Waals surface area contributed by atoms with Gasteiger partial charge >= 0.3 is 12.1 Å². The van der Waals surface area contributed by atoms with E-state index in [0.29, 0.717) is 38.0 Å². The van der Waals surface area contributed by atoms with Crippen molar-refractivity contribution < 1.29 is 28.6 Å². The summed E-state index contributed by atoms with van der Waals surface area (Å²) in [5, 5.41) is 11.1. The van der Waals surface area contributed by atoms with Gasteiger partial charge in [0.1, 0.15) is 34.2 Å². The first-order chi connectivity index (χ1) is 22.7. The lowest BCUT2D eigenvalue weighted by atomic mass is 9.62. The summed E-state index contributed by atoms with van der Waals surface area (Å²) in [5.41, 5.74) is -2.34. The molecule has 0 N–H and O–H groups in total. The Bertz CT molecular complexity index is 1460. The molecule has 0 aromatic carbocycles. The number of ether oxygens (including phenoxy) is 3. The van der Waals surface area contributed by atoms with Crippen LogP contribution in [-0.2, 0) is 30.3 Å². The molecule has 262 valence electrons. The van der Waals surface area contributed by atoms with E-state index in [0.717, 1.165) is 11.4 Å². The second-order valence-electron chi connectivity index (χ2n) is 13.7.